The van der Waals surface area contributed by atoms with Crippen LogP contribution in [0.2, 0.25) is 0 Å². The van der Waals surface area contributed by atoms with Gasteiger partial charge >= 0.3 is 0 Å². The number of rotatable bonds is 6. The maximum atomic E-state index is 13.3. The monoisotopic (exact) mass is 381 g/mol. The highest BCUT2D eigenvalue weighted by Gasteiger charge is 2.51. The molecule has 26 heavy (non-hydrogen) atoms. The van der Waals surface area contributed by atoms with Crippen molar-refractivity contribution in [3.63, 3.8) is 0 Å². The van der Waals surface area contributed by atoms with Crippen molar-refractivity contribution in [2.75, 3.05) is 32.7 Å². The Labute approximate surface area is 158 Å². The lowest BCUT2D eigenvalue weighted by Crippen LogP contribution is -2.45. The number of carbonyl (C=O) groups excluding carboxylic acids is 1. The van der Waals surface area contributed by atoms with Gasteiger partial charge in [0, 0.05) is 26.2 Å². The van der Waals surface area contributed by atoms with Gasteiger partial charge in [0.05, 0.1) is 27.9 Å². The number of halogens is 1. The van der Waals surface area contributed by atoms with Crippen molar-refractivity contribution in [3.8, 4) is 0 Å². The lowest BCUT2D eigenvalue weighted by Gasteiger charge is -2.34. The molecule has 3 heterocycles. The van der Waals surface area contributed by atoms with Crippen LogP contribution in [0.5, 0.6) is 0 Å². The van der Waals surface area contributed by atoms with E-state index >= 15 is 0 Å². The van der Waals surface area contributed by atoms with Gasteiger partial charge in [0.25, 0.3) is 0 Å². The largest absolute Gasteiger partial charge is 0.340 e. The summed E-state index contributed by atoms with van der Waals surface area (Å²) in [6.07, 6.45) is 4.25. The molecule has 144 valence electrons. The molecule has 2 saturated heterocycles. The van der Waals surface area contributed by atoms with Crippen LogP contribution in [-0.2, 0) is 4.79 Å². The van der Waals surface area contributed by atoms with Crippen molar-refractivity contribution in [3.05, 3.63) is 24.0 Å². The first-order chi connectivity index (χ1) is 12.3. The number of hydrogen-bond donors (Lipinski definition) is 2. The first-order valence-electron chi connectivity index (χ1n) is 9.23. The Morgan fingerprint density at radius 1 is 1.27 bits per heavy atom. The van der Waals surface area contributed by atoms with Crippen LogP contribution in [0.4, 0.5) is 4.39 Å². The molecule has 2 fully saturated rings. The molecular weight excluding hydrogens is 353 g/mol. The van der Waals surface area contributed by atoms with Crippen molar-refractivity contribution in [1.29, 1.82) is 0 Å². The van der Waals surface area contributed by atoms with Gasteiger partial charge in [-0.05, 0) is 40.2 Å². The topological polar surface area (TPSA) is 70.2 Å². The molecule has 8 heteroatoms. The summed E-state index contributed by atoms with van der Waals surface area (Å²) in [5.74, 6) is 0.113. The highest BCUT2D eigenvalue weighted by Crippen LogP contribution is 2.49. The molecule has 1 aromatic heterocycles. The molecule has 2 atom stereocenters. The zero-order valence-electron chi connectivity index (χ0n) is 15.7. The maximum absolute atomic E-state index is 13.3. The Hall–Kier alpha value is -1.25. The fraction of sp³-hybridized carbons (Fsp3) is 0.722. The standard InChI is InChI=1S/C18H28FN5OS/c1-17(2)16(25)23-18(3,26-17)14(15-21-11-13(19)12-22-15)5-4-8-24-9-6-20-7-10-24/h11-12,14,20H,4-10H2,1-3H3,(H,23,25). The summed E-state index contributed by atoms with van der Waals surface area (Å²) >= 11 is 1.61. The van der Waals surface area contributed by atoms with Crippen LogP contribution >= 0.6 is 11.8 Å². The number of carbonyl (C=O) groups is 1. The van der Waals surface area contributed by atoms with Gasteiger partial charge in [0.1, 0.15) is 5.82 Å². The van der Waals surface area contributed by atoms with E-state index in [1.165, 1.54) is 12.4 Å². The summed E-state index contributed by atoms with van der Waals surface area (Å²) in [4.78, 5) is 22.8. The first kappa shape index (κ1) is 19.5. The van der Waals surface area contributed by atoms with Crippen molar-refractivity contribution in [2.45, 2.75) is 49.1 Å². The van der Waals surface area contributed by atoms with E-state index < -0.39 is 15.4 Å². The number of piperazine rings is 1. The first-order valence-corrected chi connectivity index (χ1v) is 10.1. The summed E-state index contributed by atoms with van der Waals surface area (Å²) in [6.45, 7) is 11.1. The van der Waals surface area contributed by atoms with Crippen molar-refractivity contribution >= 4 is 17.7 Å². The fourth-order valence-electron chi connectivity index (χ4n) is 3.74. The summed E-state index contributed by atoms with van der Waals surface area (Å²) in [7, 11) is 0. The zero-order valence-corrected chi connectivity index (χ0v) is 16.5. The Morgan fingerprint density at radius 2 is 1.92 bits per heavy atom. The molecule has 0 radical (unpaired) electrons. The quantitative estimate of drug-likeness (QED) is 0.782. The van der Waals surface area contributed by atoms with Gasteiger partial charge in [-0.25, -0.2) is 14.4 Å². The minimum absolute atomic E-state index is 0.0271. The van der Waals surface area contributed by atoms with Crippen LogP contribution in [0.25, 0.3) is 0 Å². The number of hydrogen-bond acceptors (Lipinski definition) is 6. The molecule has 0 bridgehead atoms. The predicted octanol–water partition coefficient (Wildman–Crippen LogP) is 1.74. The van der Waals surface area contributed by atoms with Crippen molar-refractivity contribution in [2.24, 2.45) is 0 Å². The highest BCUT2D eigenvalue weighted by atomic mass is 32.2. The average molecular weight is 382 g/mol. The number of aromatic nitrogens is 2. The normalized spacial score (nSPS) is 27.3. The number of amides is 1. The molecule has 0 saturated carbocycles. The van der Waals surface area contributed by atoms with E-state index in [0.717, 1.165) is 45.6 Å². The molecule has 0 aliphatic carbocycles. The van der Waals surface area contributed by atoms with E-state index in [9.17, 15) is 9.18 Å². The smallest absolute Gasteiger partial charge is 0.236 e. The van der Waals surface area contributed by atoms with Crippen molar-refractivity contribution in [1.82, 2.24) is 25.5 Å². The SMILES string of the molecule is CC1(C)SC(C)(C(CCCN2CCNCC2)c2ncc(F)cn2)NC1=O. The van der Waals surface area contributed by atoms with E-state index in [0.29, 0.717) is 5.82 Å². The molecular formula is C18H28FN5OS. The van der Waals surface area contributed by atoms with Gasteiger partial charge in [-0.2, -0.15) is 0 Å². The zero-order chi connectivity index (χ0) is 18.8. The third kappa shape index (κ3) is 4.35. The summed E-state index contributed by atoms with van der Waals surface area (Å²) in [5, 5.41) is 6.51. The summed E-state index contributed by atoms with van der Waals surface area (Å²) in [6, 6.07) is 0. The van der Waals surface area contributed by atoms with E-state index in [4.69, 9.17) is 0 Å². The van der Waals surface area contributed by atoms with Crippen LogP contribution < -0.4 is 10.6 Å². The lowest BCUT2D eigenvalue weighted by molar-refractivity contribution is -0.122. The minimum Gasteiger partial charge on any atom is -0.340 e. The van der Waals surface area contributed by atoms with Crippen LogP contribution in [0.3, 0.4) is 0 Å². The second-order valence-corrected chi connectivity index (χ2v) is 9.79. The molecule has 1 amide bonds. The van der Waals surface area contributed by atoms with E-state index in [1.54, 1.807) is 11.8 Å². The molecule has 2 aliphatic heterocycles. The van der Waals surface area contributed by atoms with Gasteiger partial charge < -0.3 is 15.5 Å². The number of thioether (sulfide) groups is 1. The van der Waals surface area contributed by atoms with E-state index in [1.807, 2.05) is 20.8 Å². The lowest BCUT2D eigenvalue weighted by atomic mass is 9.93. The average Bonchev–Trinajstić information content (AvgIpc) is 2.81. The molecule has 6 nitrogen and oxygen atoms in total. The molecule has 3 rings (SSSR count). The van der Waals surface area contributed by atoms with E-state index in [2.05, 4.69) is 25.5 Å². The fourth-order valence-corrected chi connectivity index (χ4v) is 5.46. The third-order valence-corrected chi connectivity index (χ3v) is 6.68. The Kier molecular flexibility index (Phi) is 5.84. The third-order valence-electron chi connectivity index (χ3n) is 5.17. The molecule has 2 aliphatic rings. The van der Waals surface area contributed by atoms with Crippen LogP contribution in [0.1, 0.15) is 45.4 Å². The number of nitrogens with zero attached hydrogens (tertiary/aromatic N) is 3. The van der Waals surface area contributed by atoms with Gasteiger partial charge in [-0.3, -0.25) is 4.79 Å². The Morgan fingerprint density at radius 3 is 2.50 bits per heavy atom. The molecule has 2 unspecified atom stereocenters. The summed E-state index contributed by atoms with van der Waals surface area (Å²) < 4.78 is 12.8. The minimum atomic E-state index is -0.498. The Balaban J connectivity index is 1.73. The molecule has 0 aromatic carbocycles. The number of nitrogens with one attached hydrogen (secondary N) is 2. The molecule has 2 N–H and O–H groups in total. The second kappa shape index (κ2) is 7.78. The Bertz CT molecular complexity index is 635. The maximum Gasteiger partial charge on any atom is 0.236 e. The van der Waals surface area contributed by atoms with E-state index in [-0.39, 0.29) is 11.8 Å². The van der Waals surface area contributed by atoms with Gasteiger partial charge in [-0.1, -0.05) is 0 Å². The second-order valence-electron chi connectivity index (χ2n) is 7.72. The van der Waals surface area contributed by atoms with Crippen LogP contribution in [0.15, 0.2) is 12.4 Å². The molecule has 0 spiro atoms. The van der Waals surface area contributed by atoms with Gasteiger partial charge in [0.15, 0.2) is 5.82 Å². The van der Waals surface area contributed by atoms with Gasteiger partial charge in [-0.15, -0.1) is 11.8 Å². The highest BCUT2D eigenvalue weighted by molar-refractivity contribution is 8.03. The van der Waals surface area contributed by atoms with Crippen molar-refractivity contribution < 1.29 is 9.18 Å². The predicted molar refractivity (Wildman–Crippen MR) is 101 cm³/mol. The van der Waals surface area contributed by atoms with Crippen LogP contribution in [-0.4, -0.2) is 63.1 Å². The van der Waals surface area contributed by atoms with Crippen LogP contribution in [0, 0.1) is 5.82 Å². The molecule has 1 aromatic rings. The summed E-state index contributed by atoms with van der Waals surface area (Å²) in [5.41, 5.74) is 0. The van der Waals surface area contributed by atoms with Gasteiger partial charge in [0.2, 0.25) is 5.91 Å².